The highest BCUT2D eigenvalue weighted by Gasteiger charge is 2.23. The van der Waals surface area contributed by atoms with Crippen molar-refractivity contribution in [3.05, 3.63) is 35.9 Å². The normalized spacial score (nSPS) is 19.4. The molecule has 1 aromatic rings. The van der Waals surface area contributed by atoms with E-state index in [9.17, 15) is 4.79 Å². The van der Waals surface area contributed by atoms with Gasteiger partial charge in [0, 0.05) is 32.1 Å². The summed E-state index contributed by atoms with van der Waals surface area (Å²) < 4.78 is 0. The quantitative estimate of drug-likeness (QED) is 0.894. The van der Waals surface area contributed by atoms with Gasteiger partial charge in [-0.15, -0.1) is 0 Å². The fourth-order valence-electron chi connectivity index (χ4n) is 2.83. The van der Waals surface area contributed by atoms with Crippen molar-refractivity contribution in [1.82, 2.24) is 10.2 Å². The van der Waals surface area contributed by atoms with Crippen LogP contribution in [0, 0.1) is 5.92 Å². The Morgan fingerprint density at radius 2 is 2.10 bits per heavy atom. The van der Waals surface area contributed by atoms with Crippen LogP contribution in [0.3, 0.4) is 0 Å². The van der Waals surface area contributed by atoms with Gasteiger partial charge in [0.25, 0.3) is 0 Å². The van der Waals surface area contributed by atoms with E-state index in [4.69, 9.17) is 0 Å². The summed E-state index contributed by atoms with van der Waals surface area (Å²) >= 11 is 0. The number of carbonyl (C=O) groups is 1. The van der Waals surface area contributed by atoms with Crippen LogP contribution < -0.4 is 5.32 Å². The van der Waals surface area contributed by atoms with E-state index in [1.807, 2.05) is 23.1 Å². The third-order valence-electron chi connectivity index (χ3n) is 3.83. The molecule has 20 heavy (non-hydrogen) atoms. The zero-order valence-corrected chi connectivity index (χ0v) is 12.6. The smallest absolute Gasteiger partial charge is 0.222 e. The molecule has 0 aliphatic carbocycles. The second-order valence-corrected chi connectivity index (χ2v) is 6.11. The highest BCUT2D eigenvalue weighted by molar-refractivity contribution is 5.76. The second-order valence-electron chi connectivity index (χ2n) is 6.11. The van der Waals surface area contributed by atoms with E-state index in [-0.39, 0.29) is 0 Å². The van der Waals surface area contributed by atoms with Crippen LogP contribution in [0.2, 0.25) is 0 Å². The summed E-state index contributed by atoms with van der Waals surface area (Å²) in [5.74, 6) is 0.968. The number of hydrogen-bond donors (Lipinski definition) is 1. The number of carbonyl (C=O) groups excluding carboxylic acids is 1. The lowest BCUT2D eigenvalue weighted by atomic mass is 10.0. The number of aryl methyl sites for hydroxylation is 1. The van der Waals surface area contributed by atoms with E-state index in [2.05, 4.69) is 31.3 Å². The predicted octanol–water partition coefficient (Wildman–Crippen LogP) is 2.47. The molecule has 2 rings (SSSR count). The maximum Gasteiger partial charge on any atom is 0.222 e. The number of benzene rings is 1. The predicted molar refractivity (Wildman–Crippen MR) is 82.6 cm³/mol. The lowest BCUT2D eigenvalue weighted by Crippen LogP contribution is -2.53. The summed E-state index contributed by atoms with van der Waals surface area (Å²) in [7, 11) is 0. The van der Waals surface area contributed by atoms with Gasteiger partial charge in [0.05, 0.1) is 0 Å². The van der Waals surface area contributed by atoms with Crippen LogP contribution in [0.4, 0.5) is 0 Å². The minimum absolute atomic E-state index is 0.295. The standard InChI is InChI=1S/C17H26N2O/c1-14(2)12-16-13-19(11-10-18-16)17(20)9-8-15-6-4-3-5-7-15/h3-7,14,16,18H,8-13H2,1-2H3. The van der Waals surface area contributed by atoms with Gasteiger partial charge in [-0.1, -0.05) is 44.2 Å². The van der Waals surface area contributed by atoms with Crippen molar-refractivity contribution in [2.75, 3.05) is 19.6 Å². The lowest BCUT2D eigenvalue weighted by molar-refractivity contribution is -0.132. The van der Waals surface area contributed by atoms with Gasteiger partial charge in [0.15, 0.2) is 0 Å². The fraction of sp³-hybridized carbons (Fsp3) is 0.588. The molecule has 110 valence electrons. The first-order valence-corrected chi connectivity index (χ1v) is 7.70. The number of hydrogen-bond acceptors (Lipinski definition) is 2. The summed E-state index contributed by atoms with van der Waals surface area (Å²) in [6, 6.07) is 10.7. The number of piperazine rings is 1. The minimum atomic E-state index is 0.295. The maximum atomic E-state index is 12.3. The first-order chi connectivity index (χ1) is 9.65. The Balaban J connectivity index is 1.80. The molecule has 1 amide bonds. The molecule has 1 unspecified atom stereocenters. The first kappa shape index (κ1) is 15.0. The number of rotatable bonds is 5. The number of amides is 1. The molecule has 1 saturated heterocycles. The second kappa shape index (κ2) is 7.44. The SMILES string of the molecule is CC(C)CC1CN(C(=O)CCc2ccccc2)CCN1. The van der Waals surface area contributed by atoms with Crippen LogP contribution in [0.25, 0.3) is 0 Å². The Bertz CT molecular complexity index is 416. The molecule has 0 radical (unpaired) electrons. The largest absolute Gasteiger partial charge is 0.340 e. The summed E-state index contributed by atoms with van der Waals surface area (Å²) in [5.41, 5.74) is 1.25. The maximum absolute atomic E-state index is 12.3. The molecule has 1 aliphatic rings. The van der Waals surface area contributed by atoms with Crippen LogP contribution in [-0.4, -0.2) is 36.5 Å². The number of nitrogens with one attached hydrogen (secondary N) is 1. The molecular formula is C17H26N2O. The van der Waals surface area contributed by atoms with E-state index in [0.29, 0.717) is 24.3 Å². The Morgan fingerprint density at radius 3 is 2.80 bits per heavy atom. The lowest BCUT2D eigenvalue weighted by Gasteiger charge is -2.34. The highest BCUT2D eigenvalue weighted by Crippen LogP contribution is 2.11. The van der Waals surface area contributed by atoms with Crippen molar-refractivity contribution in [3.63, 3.8) is 0 Å². The molecule has 1 heterocycles. The molecule has 0 bridgehead atoms. The van der Waals surface area contributed by atoms with Gasteiger partial charge < -0.3 is 10.2 Å². The Labute approximate surface area is 122 Å². The van der Waals surface area contributed by atoms with Crippen LogP contribution in [0.15, 0.2) is 30.3 Å². The average molecular weight is 274 g/mol. The Kier molecular flexibility index (Phi) is 5.60. The molecule has 0 aromatic heterocycles. The van der Waals surface area contributed by atoms with E-state index in [0.717, 1.165) is 32.5 Å². The molecule has 1 aliphatic heterocycles. The van der Waals surface area contributed by atoms with E-state index in [1.54, 1.807) is 0 Å². The van der Waals surface area contributed by atoms with Crippen LogP contribution in [0.1, 0.15) is 32.3 Å². The zero-order valence-electron chi connectivity index (χ0n) is 12.6. The van der Waals surface area contributed by atoms with Crippen molar-refractivity contribution in [3.8, 4) is 0 Å². The van der Waals surface area contributed by atoms with E-state index >= 15 is 0 Å². The van der Waals surface area contributed by atoms with Gasteiger partial charge in [-0.05, 0) is 24.3 Å². The summed E-state index contributed by atoms with van der Waals surface area (Å²) in [5, 5.41) is 3.52. The van der Waals surface area contributed by atoms with Gasteiger partial charge in [0.1, 0.15) is 0 Å². The molecule has 0 saturated carbocycles. The topological polar surface area (TPSA) is 32.3 Å². The third-order valence-corrected chi connectivity index (χ3v) is 3.83. The van der Waals surface area contributed by atoms with Crippen molar-refractivity contribution in [2.45, 2.75) is 39.2 Å². The number of nitrogens with zero attached hydrogens (tertiary/aromatic N) is 1. The molecule has 3 nitrogen and oxygen atoms in total. The summed E-state index contributed by atoms with van der Waals surface area (Å²) in [4.78, 5) is 14.3. The van der Waals surface area contributed by atoms with Gasteiger partial charge >= 0.3 is 0 Å². The minimum Gasteiger partial charge on any atom is -0.340 e. The van der Waals surface area contributed by atoms with Crippen LogP contribution in [0.5, 0.6) is 0 Å². The van der Waals surface area contributed by atoms with Crippen molar-refractivity contribution in [2.24, 2.45) is 5.92 Å². The Hall–Kier alpha value is -1.35. The monoisotopic (exact) mass is 274 g/mol. The highest BCUT2D eigenvalue weighted by atomic mass is 16.2. The molecule has 1 aromatic carbocycles. The van der Waals surface area contributed by atoms with E-state index < -0.39 is 0 Å². The van der Waals surface area contributed by atoms with Crippen molar-refractivity contribution >= 4 is 5.91 Å². The molecule has 3 heteroatoms. The van der Waals surface area contributed by atoms with Crippen molar-refractivity contribution < 1.29 is 4.79 Å². The summed E-state index contributed by atoms with van der Waals surface area (Å²) in [6.07, 6.45) is 2.61. The van der Waals surface area contributed by atoms with E-state index in [1.165, 1.54) is 5.56 Å². The van der Waals surface area contributed by atoms with Crippen LogP contribution in [-0.2, 0) is 11.2 Å². The van der Waals surface area contributed by atoms with Crippen molar-refractivity contribution in [1.29, 1.82) is 0 Å². The van der Waals surface area contributed by atoms with Gasteiger partial charge in [0.2, 0.25) is 5.91 Å². The van der Waals surface area contributed by atoms with Gasteiger partial charge in [-0.2, -0.15) is 0 Å². The third kappa shape index (κ3) is 4.64. The molecule has 1 atom stereocenters. The molecular weight excluding hydrogens is 248 g/mol. The first-order valence-electron chi connectivity index (χ1n) is 7.70. The Morgan fingerprint density at radius 1 is 1.35 bits per heavy atom. The zero-order chi connectivity index (χ0) is 14.4. The molecule has 1 fully saturated rings. The fourth-order valence-corrected chi connectivity index (χ4v) is 2.83. The van der Waals surface area contributed by atoms with Crippen LogP contribution >= 0.6 is 0 Å². The summed E-state index contributed by atoms with van der Waals surface area (Å²) in [6.45, 7) is 7.11. The molecule has 0 spiro atoms. The average Bonchev–Trinajstić information content (AvgIpc) is 2.45. The van der Waals surface area contributed by atoms with Gasteiger partial charge in [-0.3, -0.25) is 4.79 Å². The van der Waals surface area contributed by atoms with Gasteiger partial charge in [-0.25, -0.2) is 0 Å². The molecule has 1 N–H and O–H groups in total.